The van der Waals surface area contributed by atoms with Crippen LogP contribution in [0.25, 0.3) is 0 Å². The van der Waals surface area contributed by atoms with Gasteiger partial charge in [0.25, 0.3) is 0 Å². The molecule has 0 bridgehead atoms. The average molecular weight is 619 g/mol. The third kappa shape index (κ3) is 30.1. The summed E-state index contributed by atoms with van der Waals surface area (Å²) in [5.74, 6) is -0.385. The van der Waals surface area contributed by atoms with Gasteiger partial charge < -0.3 is 52.1 Å². The first-order valence-electron chi connectivity index (χ1n) is 15.0. The average Bonchev–Trinajstić information content (AvgIpc) is 2.97. The van der Waals surface area contributed by atoms with Crippen LogP contribution in [0.2, 0.25) is 0 Å². The number of carbonyl (C=O) groups excluding carboxylic acids is 1. The molecule has 1 aromatic carbocycles. The maximum absolute atomic E-state index is 11.5. The SMILES string of the molecule is CC(C)(C)OC(=O)COCCOCCOCCOCCOCCOCCOCCOCCOCCOCc1ccccc1. The molecule has 12 heteroatoms. The highest BCUT2D eigenvalue weighted by Crippen LogP contribution is 2.06. The van der Waals surface area contributed by atoms with E-state index in [1.165, 1.54) is 0 Å². The van der Waals surface area contributed by atoms with Crippen LogP contribution in [0, 0.1) is 0 Å². The van der Waals surface area contributed by atoms with Gasteiger partial charge in [-0.05, 0) is 26.3 Å². The molecule has 0 fully saturated rings. The molecule has 0 aromatic heterocycles. The van der Waals surface area contributed by atoms with Crippen molar-refractivity contribution in [3.8, 4) is 0 Å². The van der Waals surface area contributed by atoms with Crippen molar-refractivity contribution in [3.05, 3.63) is 35.9 Å². The predicted octanol–water partition coefficient (Wildman–Crippen LogP) is 2.69. The molecule has 43 heavy (non-hydrogen) atoms. The van der Waals surface area contributed by atoms with Crippen LogP contribution in [0.1, 0.15) is 26.3 Å². The molecule has 1 rings (SSSR count). The number of hydrogen-bond acceptors (Lipinski definition) is 12. The maximum atomic E-state index is 11.5. The van der Waals surface area contributed by atoms with Crippen molar-refractivity contribution in [1.82, 2.24) is 0 Å². The van der Waals surface area contributed by atoms with Gasteiger partial charge in [0.1, 0.15) is 12.2 Å². The van der Waals surface area contributed by atoms with E-state index in [9.17, 15) is 4.79 Å². The fraction of sp³-hybridized carbons (Fsp3) is 0.774. The number of carbonyl (C=O) groups is 1. The van der Waals surface area contributed by atoms with Gasteiger partial charge in [-0.2, -0.15) is 0 Å². The first-order chi connectivity index (χ1) is 21.0. The van der Waals surface area contributed by atoms with E-state index in [1.807, 2.05) is 51.1 Å². The van der Waals surface area contributed by atoms with E-state index in [1.54, 1.807) is 0 Å². The summed E-state index contributed by atoms with van der Waals surface area (Å²) >= 11 is 0. The monoisotopic (exact) mass is 618 g/mol. The zero-order chi connectivity index (χ0) is 31.1. The molecule has 0 amide bonds. The lowest BCUT2D eigenvalue weighted by atomic mass is 10.2. The Labute approximate surface area is 257 Å². The molecule has 0 saturated carbocycles. The number of esters is 1. The quantitative estimate of drug-likeness (QED) is 0.0899. The Morgan fingerprint density at radius 1 is 0.465 bits per heavy atom. The van der Waals surface area contributed by atoms with Gasteiger partial charge in [-0.25, -0.2) is 4.79 Å². The van der Waals surface area contributed by atoms with Crippen molar-refractivity contribution >= 4 is 5.97 Å². The van der Waals surface area contributed by atoms with Crippen molar-refractivity contribution in [2.45, 2.75) is 33.0 Å². The summed E-state index contributed by atoms with van der Waals surface area (Å²) < 4.78 is 59.5. The van der Waals surface area contributed by atoms with Gasteiger partial charge in [-0.1, -0.05) is 30.3 Å². The molecular weight excluding hydrogens is 564 g/mol. The summed E-state index contributed by atoms with van der Waals surface area (Å²) in [7, 11) is 0. The lowest BCUT2D eigenvalue weighted by molar-refractivity contribution is -0.160. The highest BCUT2D eigenvalue weighted by atomic mass is 16.6. The summed E-state index contributed by atoms with van der Waals surface area (Å²) in [5.41, 5.74) is 0.647. The first kappa shape index (κ1) is 39.3. The van der Waals surface area contributed by atoms with Gasteiger partial charge in [0, 0.05) is 0 Å². The zero-order valence-electron chi connectivity index (χ0n) is 26.4. The zero-order valence-corrected chi connectivity index (χ0v) is 26.4. The van der Waals surface area contributed by atoms with E-state index < -0.39 is 5.60 Å². The second-order valence-corrected chi connectivity index (χ2v) is 10.1. The number of ether oxygens (including phenoxy) is 11. The summed E-state index contributed by atoms with van der Waals surface area (Å²) in [6.07, 6.45) is 0. The highest BCUT2D eigenvalue weighted by Gasteiger charge is 2.15. The van der Waals surface area contributed by atoms with E-state index in [4.69, 9.17) is 52.1 Å². The predicted molar refractivity (Wildman–Crippen MR) is 159 cm³/mol. The van der Waals surface area contributed by atoms with Crippen LogP contribution in [0.3, 0.4) is 0 Å². The molecule has 0 radical (unpaired) electrons. The van der Waals surface area contributed by atoms with Crippen LogP contribution < -0.4 is 0 Å². The number of rotatable bonds is 31. The Hall–Kier alpha value is -1.71. The van der Waals surface area contributed by atoms with E-state index in [-0.39, 0.29) is 12.6 Å². The van der Waals surface area contributed by atoms with Crippen LogP contribution >= 0.6 is 0 Å². The molecular formula is C31H54O12. The Kier molecular flexibility index (Phi) is 26.5. The maximum Gasteiger partial charge on any atom is 0.332 e. The fourth-order valence-corrected chi connectivity index (χ4v) is 3.17. The Morgan fingerprint density at radius 2 is 0.767 bits per heavy atom. The van der Waals surface area contributed by atoms with E-state index in [0.29, 0.717) is 126 Å². The topological polar surface area (TPSA) is 119 Å². The van der Waals surface area contributed by atoms with Crippen molar-refractivity contribution < 1.29 is 56.9 Å². The third-order valence-electron chi connectivity index (χ3n) is 5.10. The third-order valence-corrected chi connectivity index (χ3v) is 5.10. The molecule has 0 unspecified atom stereocenters. The molecule has 0 saturated heterocycles. The normalized spacial score (nSPS) is 11.7. The molecule has 1 aromatic rings. The van der Waals surface area contributed by atoms with Crippen LogP contribution in [0.15, 0.2) is 30.3 Å². The minimum absolute atomic E-state index is 0.0809. The molecule has 0 N–H and O–H groups in total. The van der Waals surface area contributed by atoms with Gasteiger partial charge in [0.2, 0.25) is 0 Å². The van der Waals surface area contributed by atoms with Crippen LogP contribution in [0.4, 0.5) is 0 Å². The summed E-state index contributed by atoms with van der Waals surface area (Å²) in [5, 5.41) is 0. The van der Waals surface area contributed by atoms with Gasteiger partial charge >= 0.3 is 5.97 Å². The van der Waals surface area contributed by atoms with Crippen LogP contribution in [-0.2, 0) is 63.5 Å². The molecule has 250 valence electrons. The summed E-state index contributed by atoms with van der Waals surface area (Å²) in [6, 6.07) is 10.1. The highest BCUT2D eigenvalue weighted by molar-refractivity contribution is 5.71. The number of benzene rings is 1. The minimum atomic E-state index is -0.508. The smallest absolute Gasteiger partial charge is 0.332 e. The molecule has 0 atom stereocenters. The van der Waals surface area contributed by atoms with Crippen molar-refractivity contribution in [2.24, 2.45) is 0 Å². The number of hydrogen-bond donors (Lipinski definition) is 0. The molecule has 0 aliphatic heterocycles. The molecule has 0 aliphatic carbocycles. The van der Waals surface area contributed by atoms with E-state index >= 15 is 0 Å². The van der Waals surface area contributed by atoms with Crippen LogP contribution in [-0.4, -0.2) is 137 Å². The standard InChI is InChI=1S/C31H54O12/c1-31(2,3)43-30(32)28-42-26-24-40-22-20-38-18-16-36-14-12-34-10-9-33-11-13-35-15-17-37-19-21-39-23-25-41-27-29-7-5-4-6-8-29/h4-8H,9-28H2,1-3H3. The van der Waals surface area contributed by atoms with Crippen molar-refractivity contribution in [1.29, 1.82) is 0 Å². The van der Waals surface area contributed by atoms with Crippen molar-refractivity contribution in [2.75, 3.05) is 126 Å². The van der Waals surface area contributed by atoms with E-state index in [2.05, 4.69) is 0 Å². The van der Waals surface area contributed by atoms with Crippen LogP contribution in [0.5, 0.6) is 0 Å². The molecule has 0 heterocycles. The lowest BCUT2D eigenvalue weighted by Gasteiger charge is -2.19. The summed E-state index contributed by atoms with van der Waals surface area (Å²) in [6.45, 7) is 14.7. The Bertz CT molecular complexity index is 729. The Morgan fingerprint density at radius 3 is 1.09 bits per heavy atom. The first-order valence-corrected chi connectivity index (χ1v) is 15.0. The molecule has 0 spiro atoms. The van der Waals surface area contributed by atoms with Crippen molar-refractivity contribution in [3.63, 3.8) is 0 Å². The second-order valence-electron chi connectivity index (χ2n) is 10.1. The molecule has 12 nitrogen and oxygen atoms in total. The molecule has 0 aliphatic rings. The fourth-order valence-electron chi connectivity index (χ4n) is 3.17. The minimum Gasteiger partial charge on any atom is -0.458 e. The second kappa shape index (κ2) is 29.0. The largest absolute Gasteiger partial charge is 0.458 e. The lowest BCUT2D eigenvalue weighted by Crippen LogP contribution is -2.27. The van der Waals surface area contributed by atoms with E-state index in [0.717, 1.165) is 5.56 Å². The van der Waals surface area contributed by atoms with Gasteiger partial charge in [0.15, 0.2) is 0 Å². The van der Waals surface area contributed by atoms with Gasteiger partial charge in [-0.15, -0.1) is 0 Å². The Balaban J connectivity index is 1.65. The van der Waals surface area contributed by atoms with Gasteiger partial charge in [-0.3, -0.25) is 0 Å². The summed E-state index contributed by atoms with van der Waals surface area (Å²) in [4.78, 5) is 11.5. The van der Waals surface area contributed by atoms with Gasteiger partial charge in [0.05, 0.1) is 126 Å².